The summed E-state index contributed by atoms with van der Waals surface area (Å²) in [4.78, 5) is 30.5. The number of carbonyl (C=O) groups excluding carboxylic acids is 2. The molecule has 2 aromatic carbocycles. The second kappa shape index (κ2) is 9.56. The van der Waals surface area contributed by atoms with E-state index in [1.165, 1.54) is 0 Å². The first-order valence-electron chi connectivity index (χ1n) is 11.7. The number of hydrogen-bond acceptors (Lipinski definition) is 4. The molecule has 2 saturated heterocycles. The van der Waals surface area contributed by atoms with Crippen molar-refractivity contribution in [3.63, 3.8) is 0 Å². The Morgan fingerprint density at radius 3 is 2.21 bits per heavy atom. The van der Waals surface area contributed by atoms with Crippen molar-refractivity contribution in [2.75, 3.05) is 40.0 Å². The first-order chi connectivity index (χ1) is 15.8. The zero-order chi connectivity index (χ0) is 23.6. The molecule has 0 aliphatic carbocycles. The Labute approximate surface area is 196 Å². The number of carbonyl (C=O) groups is 2. The maximum atomic E-state index is 14.4. The molecule has 6 nitrogen and oxygen atoms in total. The number of benzene rings is 2. The summed E-state index contributed by atoms with van der Waals surface area (Å²) in [5.41, 5.74) is 3.81. The van der Waals surface area contributed by atoms with E-state index in [0.29, 0.717) is 45.7 Å². The van der Waals surface area contributed by atoms with E-state index in [-0.39, 0.29) is 17.9 Å². The summed E-state index contributed by atoms with van der Waals surface area (Å²) in [6, 6.07) is 14.1. The lowest BCUT2D eigenvalue weighted by Crippen LogP contribution is -2.57. The molecule has 2 amide bonds. The normalized spacial score (nSPS) is 20.4. The molecule has 0 bridgehead atoms. The van der Waals surface area contributed by atoms with Crippen molar-refractivity contribution in [1.29, 1.82) is 0 Å². The number of methoxy groups -OCH3 is 1. The SMILES string of the molecule is COc1ccc([C@@H]2CN(C(C)=O)CCN2C(=O)C2(c3cc(C)cc(C)c3)CCOCC2)cc1. The molecule has 0 unspecified atom stereocenters. The number of piperazine rings is 1. The molecule has 6 heteroatoms. The highest BCUT2D eigenvalue weighted by Gasteiger charge is 2.47. The zero-order valence-corrected chi connectivity index (χ0v) is 20.1. The molecule has 0 radical (unpaired) electrons. The smallest absolute Gasteiger partial charge is 0.234 e. The molecule has 0 saturated carbocycles. The molecule has 2 aromatic rings. The number of hydrogen-bond donors (Lipinski definition) is 0. The predicted molar refractivity (Wildman–Crippen MR) is 127 cm³/mol. The highest BCUT2D eigenvalue weighted by molar-refractivity contribution is 5.89. The fraction of sp³-hybridized carbons (Fsp3) is 0.481. The van der Waals surface area contributed by atoms with Crippen LogP contribution in [0.3, 0.4) is 0 Å². The van der Waals surface area contributed by atoms with E-state index in [1.54, 1.807) is 14.0 Å². The average molecular weight is 451 g/mol. The van der Waals surface area contributed by atoms with Gasteiger partial charge in [0.25, 0.3) is 0 Å². The van der Waals surface area contributed by atoms with E-state index in [4.69, 9.17) is 9.47 Å². The minimum Gasteiger partial charge on any atom is -0.497 e. The van der Waals surface area contributed by atoms with Crippen LogP contribution < -0.4 is 4.74 Å². The number of amides is 2. The first kappa shape index (κ1) is 23.3. The van der Waals surface area contributed by atoms with E-state index in [9.17, 15) is 9.59 Å². The number of nitrogens with zero attached hydrogens (tertiary/aromatic N) is 2. The van der Waals surface area contributed by atoms with Gasteiger partial charge in [0, 0.05) is 39.8 Å². The van der Waals surface area contributed by atoms with Crippen LogP contribution in [0.2, 0.25) is 0 Å². The Bertz CT molecular complexity index is 991. The Kier molecular flexibility index (Phi) is 6.75. The number of ether oxygens (including phenoxy) is 2. The van der Waals surface area contributed by atoms with Gasteiger partial charge in [0.05, 0.1) is 18.6 Å². The second-order valence-corrected chi connectivity index (χ2v) is 9.32. The average Bonchev–Trinajstić information content (AvgIpc) is 2.83. The highest BCUT2D eigenvalue weighted by Crippen LogP contribution is 2.40. The molecular formula is C27H34N2O4. The zero-order valence-electron chi connectivity index (χ0n) is 20.1. The van der Waals surface area contributed by atoms with Gasteiger partial charge in [0.1, 0.15) is 5.75 Å². The van der Waals surface area contributed by atoms with Crippen molar-refractivity contribution in [1.82, 2.24) is 9.80 Å². The fourth-order valence-corrected chi connectivity index (χ4v) is 5.30. The Balaban J connectivity index is 1.75. The van der Waals surface area contributed by atoms with Crippen LogP contribution in [0.1, 0.15) is 48.1 Å². The minimum atomic E-state index is -0.613. The van der Waals surface area contributed by atoms with E-state index >= 15 is 0 Å². The summed E-state index contributed by atoms with van der Waals surface area (Å²) < 4.78 is 11.0. The largest absolute Gasteiger partial charge is 0.497 e. The molecule has 0 N–H and O–H groups in total. The summed E-state index contributed by atoms with van der Waals surface area (Å²) in [5.74, 6) is 0.947. The number of aryl methyl sites for hydroxylation is 2. The van der Waals surface area contributed by atoms with Crippen LogP contribution in [-0.4, -0.2) is 61.6 Å². The molecule has 2 aliphatic rings. The van der Waals surface area contributed by atoms with Gasteiger partial charge in [-0.15, -0.1) is 0 Å². The lowest BCUT2D eigenvalue weighted by atomic mass is 9.71. The summed E-state index contributed by atoms with van der Waals surface area (Å²) in [6.07, 6.45) is 1.33. The molecule has 33 heavy (non-hydrogen) atoms. The first-order valence-corrected chi connectivity index (χ1v) is 11.7. The molecule has 176 valence electrons. The van der Waals surface area contributed by atoms with Crippen molar-refractivity contribution >= 4 is 11.8 Å². The van der Waals surface area contributed by atoms with Crippen molar-refractivity contribution in [3.05, 3.63) is 64.7 Å². The lowest BCUT2D eigenvalue weighted by molar-refractivity contribution is -0.150. The van der Waals surface area contributed by atoms with Gasteiger partial charge < -0.3 is 19.3 Å². The molecule has 4 rings (SSSR count). The molecule has 0 spiro atoms. The summed E-state index contributed by atoms with van der Waals surface area (Å²) >= 11 is 0. The van der Waals surface area contributed by atoms with Gasteiger partial charge in [-0.2, -0.15) is 0 Å². The molecule has 2 heterocycles. The van der Waals surface area contributed by atoms with Crippen LogP contribution in [0.4, 0.5) is 0 Å². The Hall–Kier alpha value is -2.86. The standard InChI is InChI=1S/C27H34N2O4/c1-19-15-20(2)17-23(16-19)27(9-13-33-14-10-27)26(31)29-12-11-28(21(3)30)18-25(29)22-5-7-24(32-4)8-6-22/h5-8,15-17,25H,9-14,18H2,1-4H3/t25-/m0/s1. The van der Waals surface area contributed by atoms with Gasteiger partial charge in [-0.1, -0.05) is 41.5 Å². The van der Waals surface area contributed by atoms with Crippen molar-refractivity contribution < 1.29 is 19.1 Å². The maximum absolute atomic E-state index is 14.4. The summed E-state index contributed by atoms with van der Waals surface area (Å²) in [7, 11) is 1.64. The molecular weight excluding hydrogens is 416 g/mol. The number of rotatable bonds is 4. The lowest BCUT2D eigenvalue weighted by Gasteiger charge is -2.47. The van der Waals surface area contributed by atoms with Crippen molar-refractivity contribution in [3.8, 4) is 5.75 Å². The molecule has 2 fully saturated rings. The van der Waals surface area contributed by atoms with Gasteiger partial charge in [-0.25, -0.2) is 0 Å². The van der Waals surface area contributed by atoms with Crippen LogP contribution in [0, 0.1) is 13.8 Å². The summed E-state index contributed by atoms with van der Waals surface area (Å²) in [6.45, 7) is 8.46. The van der Waals surface area contributed by atoms with Gasteiger partial charge in [0.15, 0.2) is 0 Å². The van der Waals surface area contributed by atoms with E-state index < -0.39 is 5.41 Å². The van der Waals surface area contributed by atoms with Gasteiger partial charge in [0.2, 0.25) is 11.8 Å². The Morgan fingerprint density at radius 1 is 1.00 bits per heavy atom. The highest BCUT2D eigenvalue weighted by atomic mass is 16.5. The third-order valence-electron chi connectivity index (χ3n) is 7.12. The molecule has 2 aliphatic heterocycles. The predicted octanol–water partition coefficient (Wildman–Crippen LogP) is 3.79. The third kappa shape index (κ3) is 4.62. The van der Waals surface area contributed by atoms with Crippen LogP contribution in [0.5, 0.6) is 5.75 Å². The summed E-state index contributed by atoms with van der Waals surface area (Å²) in [5, 5.41) is 0. The fourth-order valence-electron chi connectivity index (χ4n) is 5.30. The van der Waals surface area contributed by atoms with Crippen LogP contribution in [0.15, 0.2) is 42.5 Å². The van der Waals surface area contributed by atoms with E-state index in [1.807, 2.05) is 34.1 Å². The van der Waals surface area contributed by atoms with Gasteiger partial charge in [-0.3, -0.25) is 9.59 Å². The monoisotopic (exact) mass is 450 g/mol. The van der Waals surface area contributed by atoms with E-state index in [0.717, 1.165) is 28.0 Å². The molecule has 0 aromatic heterocycles. The van der Waals surface area contributed by atoms with Gasteiger partial charge in [-0.05, 0) is 49.9 Å². The van der Waals surface area contributed by atoms with Gasteiger partial charge >= 0.3 is 0 Å². The van der Waals surface area contributed by atoms with Crippen molar-refractivity contribution in [2.45, 2.75) is 45.1 Å². The quantitative estimate of drug-likeness (QED) is 0.711. The van der Waals surface area contributed by atoms with Crippen LogP contribution >= 0.6 is 0 Å². The topological polar surface area (TPSA) is 59.1 Å². The molecule has 1 atom stereocenters. The maximum Gasteiger partial charge on any atom is 0.234 e. The Morgan fingerprint density at radius 2 is 1.64 bits per heavy atom. The third-order valence-corrected chi connectivity index (χ3v) is 7.12. The second-order valence-electron chi connectivity index (χ2n) is 9.32. The van der Waals surface area contributed by atoms with Crippen molar-refractivity contribution in [2.24, 2.45) is 0 Å². The van der Waals surface area contributed by atoms with E-state index in [2.05, 4.69) is 32.0 Å². The van der Waals surface area contributed by atoms with Crippen LogP contribution in [-0.2, 0) is 19.7 Å². The van der Waals surface area contributed by atoms with Crippen LogP contribution in [0.25, 0.3) is 0 Å². The minimum absolute atomic E-state index is 0.0377.